The van der Waals surface area contributed by atoms with Gasteiger partial charge in [0.05, 0.1) is 5.75 Å². The van der Waals surface area contributed by atoms with Gasteiger partial charge >= 0.3 is 5.97 Å². The average molecular weight is 370 g/mol. The Hall–Kier alpha value is -1.34. The number of carboxylic acid groups (broad SMARTS) is 1. The van der Waals surface area contributed by atoms with Gasteiger partial charge < -0.3 is 9.67 Å². The number of hydrogen-bond donors (Lipinski definition) is 1. The molecule has 0 radical (unpaired) electrons. The minimum absolute atomic E-state index is 0.0122. The van der Waals surface area contributed by atoms with Crippen molar-refractivity contribution in [2.24, 2.45) is 0 Å². The summed E-state index contributed by atoms with van der Waals surface area (Å²) in [5, 5.41) is 17.8. The van der Waals surface area contributed by atoms with E-state index in [4.69, 9.17) is 5.11 Å². The zero-order chi connectivity index (χ0) is 15.4. The fourth-order valence-electron chi connectivity index (χ4n) is 2.00. The van der Waals surface area contributed by atoms with Gasteiger partial charge in [0.15, 0.2) is 5.16 Å². The summed E-state index contributed by atoms with van der Waals surface area (Å²) in [6.45, 7) is 4.08. The van der Waals surface area contributed by atoms with E-state index in [1.807, 2.05) is 42.7 Å². The van der Waals surface area contributed by atoms with Crippen molar-refractivity contribution in [1.29, 1.82) is 0 Å². The zero-order valence-electron chi connectivity index (χ0n) is 11.8. The maximum absolute atomic E-state index is 10.7. The largest absolute Gasteiger partial charge is 0.481 e. The zero-order valence-corrected chi connectivity index (χ0v) is 14.2. The standard InChI is InChI=1S/C14H16BrN3O2S/c1-9(2)18-12(7-10-4-3-5-11(15)6-10)16-17-14(18)21-8-13(19)20/h3-6,9H,7-8H2,1-2H3,(H,19,20). The average Bonchev–Trinajstić information content (AvgIpc) is 2.79. The van der Waals surface area contributed by atoms with Crippen LogP contribution in [0.2, 0.25) is 0 Å². The Morgan fingerprint density at radius 2 is 2.19 bits per heavy atom. The number of aliphatic carboxylic acids is 1. The third-order valence-electron chi connectivity index (χ3n) is 2.83. The summed E-state index contributed by atoms with van der Waals surface area (Å²) in [6, 6.07) is 8.22. The summed E-state index contributed by atoms with van der Waals surface area (Å²) >= 11 is 4.66. The van der Waals surface area contributed by atoms with Crippen LogP contribution in [0.15, 0.2) is 33.9 Å². The van der Waals surface area contributed by atoms with E-state index in [1.165, 1.54) is 11.8 Å². The summed E-state index contributed by atoms with van der Waals surface area (Å²) < 4.78 is 3.02. The highest BCUT2D eigenvalue weighted by atomic mass is 79.9. The molecule has 0 spiro atoms. The van der Waals surface area contributed by atoms with E-state index in [0.717, 1.165) is 15.9 Å². The molecule has 0 saturated heterocycles. The Kier molecular flexibility index (Phi) is 5.41. The second kappa shape index (κ2) is 7.09. The molecule has 2 aromatic rings. The van der Waals surface area contributed by atoms with Crippen LogP contribution in [0.4, 0.5) is 0 Å². The summed E-state index contributed by atoms with van der Waals surface area (Å²) in [5.74, 6) is -0.0234. The number of carboxylic acids is 1. The molecule has 1 aromatic heterocycles. The summed E-state index contributed by atoms with van der Waals surface area (Å²) in [7, 11) is 0. The van der Waals surface area contributed by atoms with Crippen LogP contribution in [0.25, 0.3) is 0 Å². The molecular formula is C14H16BrN3O2S. The molecule has 1 aromatic carbocycles. The number of carbonyl (C=O) groups is 1. The van der Waals surface area contributed by atoms with Gasteiger partial charge in [0.2, 0.25) is 0 Å². The van der Waals surface area contributed by atoms with E-state index in [1.54, 1.807) is 0 Å². The molecule has 0 aliphatic heterocycles. The van der Waals surface area contributed by atoms with Crippen LogP contribution in [0.3, 0.4) is 0 Å². The molecule has 0 amide bonds. The van der Waals surface area contributed by atoms with Crippen molar-refractivity contribution in [2.45, 2.75) is 31.5 Å². The minimum atomic E-state index is -0.855. The normalized spacial score (nSPS) is 11.0. The number of hydrogen-bond acceptors (Lipinski definition) is 4. The van der Waals surface area contributed by atoms with Gasteiger partial charge in [-0.3, -0.25) is 4.79 Å². The molecule has 0 unspecified atom stereocenters. The highest BCUT2D eigenvalue weighted by molar-refractivity contribution is 9.10. The third-order valence-corrected chi connectivity index (χ3v) is 4.25. The predicted octanol–water partition coefficient (Wildman–Crippen LogP) is 3.39. The van der Waals surface area contributed by atoms with Crippen LogP contribution >= 0.6 is 27.7 Å². The molecule has 0 fully saturated rings. The van der Waals surface area contributed by atoms with Crippen molar-refractivity contribution >= 4 is 33.7 Å². The molecule has 0 aliphatic rings. The Balaban J connectivity index is 2.25. The van der Waals surface area contributed by atoms with Crippen molar-refractivity contribution in [3.63, 3.8) is 0 Å². The fourth-order valence-corrected chi connectivity index (χ4v) is 3.25. The first kappa shape index (κ1) is 16.0. The number of halogens is 1. The lowest BCUT2D eigenvalue weighted by Gasteiger charge is -2.13. The molecule has 2 rings (SSSR count). The van der Waals surface area contributed by atoms with Crippen LogP contribution in [0.5, 0.6) is 0 Å². The second-order valence-electron chi connectivity index (χ2n) is 4.85. The number of rotatable bonds is 6. The Bertz CT molecular complexity index is 643. The molecule has 0 aliphatic carbocycles. The van der Waals surface area contributed by atoms with Gasteiger partial charge in [-0.1, -0.05) is 39.8 Å². The Morgan fingerprint density at radius 3 is 2.81 bits per heavy atom. The van der Waals surface area contributed by atoms with Crippen molar-refractivity contribution in [2.75, 3.05) is 5.75 Å². The predicted molar refractivity (Wildman–Crippen MR) is 85.7 cm³/mol. The van der Waals surface area contributed by atoms with Gasteiger partial charge in [-0.25, -0.2) is 0 Å². The van der Waals surface area contributed by atoms with E-state index < -0.39 is 5.97 Å². The van der Waals surface area contributed by atoms with Crippen molar-refractivity contribution in [3.8, 4) is 0 Å². The minimum Gasteiger partial charge on any atom is -0.481 e. The van der Waals surface area contributed by atoms with E-state index >= 15 is 0 Å². The van der Waals surface area contributed by atoms with Crippen LogP contribution in [-0.4, -0.2) is 31.6 Å². The Morgan fingerprint density at radius 1 is 1.43 bits per heavy atom. The SMILES string of the molecule is CC(C)n1c(Cc2cccc(Br)c2)nnc1SCC(=O)O. The lowest BCUT2D eigenvalue weighted by Crippen LogP contribution is -2.09. The fraction of sp³-hybridized carbons (Fsp3) is 0.357. The molecule has 1 N–H and O–H groups in total. The van der Waals surface area contributed by atoms with Crippen LogP contribution in [0.1, 0.15) is 31.3 Å². The first-order chi connectivity index (χ1) is 9.97. The number of aromatic nitrogens is 3. The van der Waals surface area contributed by atoms with Crippen molar-refractivity contribution in [3.05, 3.63) is 40.1 Å². The first-order valence-corrected chi connectivity index (χ1v) is 8.28. The molecule has 0 bridgehead atoms. The van der Waals surface area contributed by atoms with Gasteiger partial charge in [-0.2, -0.15) is 0 Å². The van der Waals surface area contributed by atoms with Crippen LogP contribution < -0.4 is 0 Å². The number of benzene rings is 1. The molecule has 0 atom stereocenters. The molecule has 7 heteroatoms. The van der Waals surface area contributed by atoms with Crippen molar-refractivity contribution in [1.82, 2.24) is 14.8 Å². The summed E-state index contributed by atoms with van der Waals surface area (Å²) in [6.07, 6.45) is 0.665. The van der Waals surface area contributed by atoms with E-state index in [9.17, 15) is 4.79 Å². The van der Waals surface area contributed by atoms with Crippen LogP contribution in [-0.2, 0) is 11.2 Å². The lowest BCUT2D eigenvalue weighted by molar-refractivity contribution is -0.133. The highest BCUT2D eigenvalue weighted by Gasteiger charge is 2.16. The smallest absolute Gasteiger partial charge is 0.313 e. The van der Waals surface area contributed by atoms with Crippen LogP contribution in [0, 0.1) is 0 Å². The van der Waals surface area contributed by atoms with E-state index in [2.05, 4.69) is 26.1 Å². The summed E-state index contributed by atoms with van der Waals surface area (Å²) in [5.41, 5.74) is 1.13. The van der Waals surface area contributed by atoms with Gasteiger partial charge in [0.1, 0.15) is 5.82 Å². The maximum Gasteiger partial charge on any atom is 0.313 e. The first-order valence-electron chi connectivity index (χ1n) is 6.50. The van der Waals surface area contributed by atoms with E-state index in [-0.39, 0.29) is 11.8 Å². The van der Waals surface area contributed by atoms with Gasteiger partial charge in [-0.05, 0) is 31.5 Å². The molecule has 0 saturated carbocycles. The van der Waals surface area contributed by atoms with Crippen molar-refractivity contribution < 1.29 is 9.90 Å². The quantitative estimate of drug-likeness (QED) is 0.790. The van der Waals surface area contributed by atoms with Gasteiger partial charge in [0, 0.05) is 16.9 Å². The number of nitrogens with zero attached hydrogens (tertiary/aromatic N) is 3. The molecule has 21 heavy (non-hydrogen) atoms. The molecular weight excluding hydrogens is 354 g/mol. The van der Waals surface area contributed by atoms with Gasteiger partial charge in [-0.15, -0.1) is 10.2 Å². The lowest BCUT2D eigenvalue weighted by atomic mass is 10.1. The highest BCUT2D eigenvalue weighted by Crippen LogP contribution is 2.23. The topological polar surface area (TPSA) is 68.0 Å². The third kappa shape index (κ3) is 4.31. The molecule has 1 heterocycles. The second-order valence-corrected chi connectivity index (χ2v) is 6.71. The Labute approximate surface area is 135 Å². The number of thioether (sulfide) groups is 1. The monoisotopic (exact) mass is 369 g/mol. The molecule has 112 valence electrons. The van der Waals surface area contributed by atoms with E-state index in [0.29, 0.717) is 11.6 Å². The summed E-state index contributed by atoms with van der Waals surface area (Å²) in [4.78, 5) is 10.7. The van der Waals surface area contributed by atoms with Gasteiger partial charge in [0.25, 0.3) is 0 Å². The maximum atomic E-state index is 10.7. The molecule has 5 nitrogen and oxygen atoms in total.